The van der Waals surface area contributed by atoms with Crippen LogP contribution in [0.2, 0.25) is 0 Å². The standard InChI is InChI=1S/C12H26N4O2.2ClH/c1-7(2)9(13)11(17)15-5-6-16-12(18)10(14)8(3)4;;/h7-10H,5-6,13-14H2,1-4H3,(H,15,17)(H,16,18);2*1H/t9-,10-;;/m0../s1. The van der Waals surface area contributed by atoms with Crippen molar-refractivity contribution in [2.45, 2.75) is 39.8 Å². The van der Waals surface area contributed by atoms with E-state index in [0.717, 1.165) is 0 Å². The zero-order valence-electron chi connectivity index (χ0n) is 12.7. The first-order chi connectivity index (χ1) is 8.27. The van der Waals surface area contributed by atoms with Gasteiger partial charge in [0, 0.05) is 24.9 Å². The van der Waals surface area contributed by atoms with Gasteiger partial charge in [0.1, 0.15) is 0 Å². The summed E-state index contributed by atoms with van der Waals surface area (Å²) in [6.45, 7) is 8.66. The molecule has 0 heterocycles. The predicted molar refractivity (Wildman–Crippen MR) is 69.0 cm³/mol. The first kappa shape index (κ1) is 24.5. The van der Waals surface area contributed by atoms with Gasteiger partial charge in [-0.05, 0) is 0 Å². The largest absolute Gasteiger partial charge is 1.00 e. The molecule has 0 aromatic carbocycles. The summed E-state index contributed by atoms with van der Waals surface area (Å²) in [6, 6.07) is -0.506. The predicted octanol–water partition coefficient (Wildman–Crippen LogP) is -8.24. The van der Waals surface area contributed by atoms with Crippen LogP contribution >= 0.6 is 0 Å². The third-order valence-corrected chi connectivity index (χ3v) is 3.01. The zero-order chi connectivity index (χ0) is 14.3. The molecule has 0 spiro atoms. The first-order valence-corrected chi connectivity index (χ1v) is 6.49. The molecule has 0 bridgehead atoms. The summed E-state index contributed by atoms with van der Waals surface area (Å²) < 4.78 is 0. The van der Waals surface area contributed by atoms with E-state index in [1.54, 1.807) is 0 Å². The minimum Gasteiger partial charge on any atom is -1.00 e. The fourth-order valence-electron chi connectivity index (χ4n) is 1.24. The van der Waals surface area contributed by atoms with Crippen molar-refractivity contribution in [1.29, 1.82) is 0 Å². The Hall–Kier alpha value is -0.560. The van der Waals surface area contributed by atoms with E-state index in [9.17, 15) is 9.59 Å². The van der Waals surface area contributed by atoms with Gasteiger partial charge in [-0.3, -0.25) is 9.59 Å². The van der Waals surface area contributed by atoms with Crippen LogP contribution in [0.25, 0.3) is 0 Å². The average Bonchev–Trinajstić information content (AvgIpc) is 2.31. The fraction of sp³-hybridized carbons (Fsp3) is 0.833. The lowest BCUT2D eigenvalue weighted by atomic mass is 10.0. The van der Waals surface area contributed by atoms with Crippen LogP contribution < -0.4 is 46.9 Å². The molecule has 0 unspecified atom stereocenters. The highest BCUT2D eigenvalue weighted by Crippen LogP contribution is 1.96. The summed E-state index contributed by atoms with van der Waals surface area (Å²) in [6.07, 6.45) is 0. The Morgan fingerprint density at radius 2 is 1.05 bits per heavy atom. The Morgan fingerprint density at radius 3 is 1.25 bits per heavy atom. The molecule has 2 atom stereocenters. The molecule has 6 nitrogen and oxygen atoms in total. The van der Waals surface area contributed by atoms with E-state index >= 15 is 0 Å². The van der Waals surface area contributed by atoms with Gasteiger partial charge in [0.05, 0.1) is 0 Å². The minimum absolute atomic E-state index is 0. The molecule has 0 rings (SSSR count). The number of hydrogen-bond acceptors (Lipinski definition) is 2. The van der Waals surface area contributed by atoms with E-state index in [2.05, 4.69) is 22.1 Å². The molecule has 0 fully saturated rings. The smallest absolute Gasteiger partial charge is 0.278 e. The van der Waals surface area contributed by atoms with Crippen LogP contribution in [-0.2, 0) is 9.59 Å². The van der Waals surface area contributed by atoms with Gasteiger partial charge < -0.3 is 46.9 Å². The van der Waals surface area contributed by atoms with Gasteiger partial charge in [-0.25, -0.2) is 0 Å². The normalized spacial score (nSPS) is 13.0. The Bertz CT molecular complexity index is 261. The van der Waals surface area contributed by atoms with E-state index in [4.69, 9.17) is 0 Å². The van der Waals surface area contributed by atoms with Gasteiger partial charge in [-0.2, -0.15) is 0 Å². The van der Waals surface area contributed by atoms with Crippen molar-refractivity contribution in [2.24, 2.45) is 11.8 Å². The fourth-order valence-corrected chi connectivity index (χ4v) is 1.24. The highest BCUT2D eigenvalue weighted by molar-refractivity contribution is 5.81. The summed E-state index contributed by atoms with van der Waals surface area (Å²) in [5, 5.41) is 5.50. The number of hydrogen-bond donors (Lipinski definition) is 4. The van der Waals surface area contributed by atoms with Crippen molar-refractivity contribution >= 4 is 11.8 Å². The van der Waals surface area contributed by atoms with E-state index < -0.39 is 0 Å². The topological polar surface area (TPSA) is 113 Å². The van der Waals surface area contributed by atoms with Gasteiger partial charge in [0.25, 0.3) is 11.8 Å². The Morgan fingerprint density at radius 1 is 0.800 bits per heavy atom. The van der Waals surface area contributed by atoms with Crippen LogP contribution in [-0.4, -0.2) is 37.0 Å². The van der Waals surface area contributed by atoms with Crippen LogP contribution in [0.3, 0.4) is 0 Å². The molecule has 20 heavy (non-hydrogen) atoms. The lowest BCUT2D eigenvalue weighted by Gasteiger charge is -2.14. The van der Waals surface area contributed by atoms with Gasteiger partial charge in [-0.1, -0.05) is 27.7 Å². The second kappa shape index (κ2) is 12.2. The van der Waals surface area contributed by atoms with E-state index in [0.29, 0.717) is 13.1 Å². The van der Waals surface area contributed by atoms with E-state index in [-0.39, 0.29) is 60.5 Å². The molecule has 0 aliphatic heterocycles. The summed E-state index contributed by atoms with van der Waals surface area (Å²) in [7, 11) is 0. The molecule has 0 aliphatic rings. The quantitative estimate of drug-likeness (QED) is 0.347. The maximum absolute atomic E-state index is 11.6. The summed E-state index contributed by atoms with van der Waals surface area (Å²) in [5.41, 5.74) is 7.59. The average molecular weight is 331 g/mol. The lowest BCUT2D eigenvalue weighted by Crippen LogP contribution is -3.00. The number of amides is 2. The van der Waals surface area contributed by atoms with E-state index in [1.807, 2.05) is 27.7 Å². The summed E-state index contributed by atoms with van der Waals surface area (Å²) in [5.74, 6) is 0.276. The van der Waals surface area contributed by atoms with Crippen LogP contribution in [0.1, 0.15) is 27.7 Å². The molecular formula is C12H28Cl2N4O2. The van der Waals surface area contributed by atoms with Crippen LogP contribution in [0.15, 0.2) is 0 Å². The maximum atomic E-state index is 11.6. The highest BCUT2D eigenvalue weighted by atomic mass is 35.5. The molecule has 0 radical (unpaired) electrons. The van der Waals surface area contributed by atoms with Gasteiger partial charge in [0.2, 0.25) is 0 Å². The maximum Gasteiger partial charge on any atom is 0.278 e. The molecule has 0 saturated carbocycles. The first-order valence-electron chi connectivity index (χ1n) is 6.49. The van der Waals surface area contributed by atoms with Crippen LogP contribution in [0, 0.1) is 11.8 Å². The van der Waals surface area contributed by atoms with Crippen molar-refractivity contribution in [2.75, 3.05) is 13.1 Å². The third-order valence-electron chi connectivity index (χ3n) is 3.01. The van der Waals surface area contributed by atoms with Crippen molar-refractivity contribution in [3.63, 3.8) is 0 Å². The van der Waals surface area contributed by atoms with Crippen molar-refractivity contribution in [1.82, 2.24) is 10.6 Å². The van der Waals surface area contributed by atoms with Gasteiger partial charge in [-0.15, -0.1) is 0 Å². The number of carbonyl (C=O) groups is 2. The SMILES string of the molecule is CC(C)[C@H]([NH3+])C(=O)NCCNC(=O)[C@@H]([NH3+])C(C)C.[Cl-].[Cl-]. The molecule has 0 aromatic heterocycles. The van der Waals surface area contributed by atoms with Gasteiger partial charge in [0.15, 0.2) is 12.1 Å². The van der Waals surface area contributed by atoms with Crippen molar-refractivity contribution in [3.8, 4) is 0 Å². The van der Waals surface area contributed by atoms with Crippen molar-refractivity contribution < 1.29 is 45.9 Å². The van der Waals surface area contributed by atoms with Crippen LogP contribution in [0.5, 0.6) is 0 Å². The van der Waals surface area contributed by atoms with Crippen LogP contribution in [0.4, 0.5) is 0 Å². The Balaban J connectivity index is -0.00000144. The summed E-state index contributed by atoms with van der Waals surface area (Å²) >= 11 is 0. The second-order valence-corrected chi connectivity index (χ2v) is 5.28. The number of rotatable bonds is 7. The molecular weight excluding hydrogens is 303 g/mol. The number of carbonyl (C=O) groups excluding carboxylic acids is 2. The minimum atomic E-state index is -0.253. The zero-order valence-corrected chi connectivity index (χ0v) is 14.2. The molecule has 8 N–H and O–H groups in total. The Labute approximate surface area is 133 Å². The Kier molecular flexibility index (Phi) is 14.9. The molecule has 0 aromatic rings. The van der Waals surface area contributed by atoms with Gasteiger partial charge >= 0.3 is 0 Å². The molecule has 2 amide bonds. The summed E-state index contributed by atoms with van der Waals surface area (Å²) in [4.78, 5) is 23.1. The molecule has 0 aliphatic carbocycles. The molecule has 122 valence electrons. The number of nitrogens with one attached hydrogen (secondary N) is 2. The number of halogens is 2. The monoisotopic (exact) mass is 330 g/mol. The third kappa shape index (κ3) is 9.36. The lowest BCUT2D eigenvalue weighted by molar-refractivity contribution is -0.414. The molecule has 0 saturated heterocycles. The van der Waals surface area contributed by atoms with Crippen molar-refractivity contribution in [3.05, 3.63) is 0 Å². The van der Waals surface area contributed by atoms with E-state index in [1.165, 1.54) is 0 Å². The number of quaternary nitrogens is 2. The second-order valence-electron chi connectivity index (χ2n) is 5.28. The highest BCUT2D eigenvalue weighted by Gasteiger charge is 2.22. The molecule has 8 heteroatoms.